The van der Waals surface area contributed by atoms with Crippen molar-refractivity contribution in [2.75, 3.05) is 36.4 Å². The lowest BCUT2D eigenvalue weighted by atomic mass is 10.0. The van der Waals surface area contributed by atoms with Gasteiger partial charge in [0.05, 0.1) is 27.8 Å². The number of aromatic hydroxyl groups is 1. The maximum absolute atomic E-state index is 16.1. The summed E-state index contributed by atoms with van der Waals surface area (Å²) in [5.41, 5.74) is 1.23. The van der Waals surface area contributed by atoms with Gasteiger partial charge in [0.25, 0.3) is 11.8 Å². The van der Waals surface area contributed by atoms with Crippen LogP contribution >= 0.6 is 0 Å². The molecule has 0 spiro atoms. The Labute approximate surface area is 382 Å². The van der Waals surface area contributed by atoms with Gasteiger partial charge in [0.2, 0.25) is 23.6 Å². The number of benzene rings is 3. The maximum atomic E-state index is 16.1. The number of fused-ring (bicyclic) bond motifs is 2. The van der Waals surface area contributed by atoms with Gasteiger partial charge in [0.1, 0.15) is 29.1 Å². The average Bonchev–Trinajstić information content (AvgIpc) is 3.54. The number of phenolic OH excluding ortho intramolecular Hbond substituents is 1. The van der Waals surface area contributed by atoms with Gasteiger partial charge < -0.3 is 25.5 Å². The van der Waals surface area contributed by atoms with Crippen LogP contribution in [0.1, 0.15) is 76.4 Å². The van der Waals surface area contributed by atoms with Gasteiger partial charge in [-0.1, -0.05) is 30.8 Å². The lowest BCUT2D eigenvalue weighted by Crippen LogP contribution is -2.54. The average molecular weight is 916 g/mol. The Morgan fingerprint density at radius 2 is 1.69 bits per heavy atom. The van der Waals surface area contributed by atoms with Crippen LogP contribution < -0.4 is 26.5 Å². The maximum Gasteiger partial charge on any atom is 0.355 e. The minimum absolute atomic E-state index is 0.0150. The highest BCUT2D eigenvalue weighted by molar-refractivity contribution is 6.25. The van der Waals surface area contributed by atoms with Crippen molar-refractivity contribution in [3.63, 3.8) is 0 Å². The minimum atomic E-state index is -1.08. The predicted molar refractivity (Wildman–Crippen MR) is 243 cm³/mol. The van der Waals surface area contributed by atoms with Crippen LogP contribution in [0.5, 0.6) is 5.75 Å². The Morgan fingerprint density at radius 3 is 2.39 bits per heavy atom. The summed E-state index contributed by atoms with van der Waals surface area (Å²) in [6.45, 7) is 10.3. The number of aromatic nitrogens is 3. The van der Waals surface area contributed by atoms with Crippen LogP contribution in [0, 0.1) is 25.5 Å². The fourth-order valence-electron chi connectivity index (χ4n) is 9.14. The largest absolute Gasteiger partial charge is 0.507 e. The van der Waals surface area contributed by atoms with Crippen LogP contribution in [0.3, 0.4) is 0 Å². The third kappa shape index (κ3) is 8.71. The number of rotatable bonds is 13. The quantitative estimate of drug-likeness (QED) is 0.0726. The van der Waals surface area contributed by atoms with Crippen molar-refractivity contribution in [3.05, 3.63) is 117 Å². The highest BCUT2D eigenvalue weighted by Crippen LogP contribution is 2.37. The lowest BCUT2D eigenvalue weighted by Gasteiger charge is -2.40. The van der Waals surface area contributed by atoms with Crippen LogP contribution in [0.15, 0.2) is 72.0 Å². The molecule has 8 rings (SSSR count). The number of carbonyl (C=O) groups is 6. The molecule has 5 heterocycles. The van der Waals surface area contributed by atoms with E-state index in [4.69, 9.17) is 0 Å². The molecule has 5 aromatic rings. The van der Waals surface area contributed by atoms with Gasteiger partial charge in [-0.2, -0.15) is 4.98 Å². The summed E-state index contributed by atoms with van der Waals surface area (Å²) in [5.74, 6) is -5.14. The first-order chi connectivity index (χ1) is 32.1. The number of halogens is 2. The second-order valence-corrected chi connectivity index (χ2v) is 16.8. The first-order valence-corrected chi connectivity index (χ1v) is 21.8. The summed E-state index contributed by atoms with van der Waals surface area (Å²) in [6.07, 6.45) is 2.50. The molecule has 17 nitrogen and oxygen atoms in total. The van der Waals surface area contributed by atoms with Crippen LogP contribution in [-0.2, 0) is 25.7 Å². The number of hydrogen-bond acceptors (Lipinski definition) is 12. The minimum Gasteiger partial charge on any atom is -0.507 e. The van der Waals surface area contributed by atoms with Crippen LogP contribution in [-0.4, -0.2) is 103 Å². The molecule has 0 radical (unpaired) electrons. The Hall–Kier alpha value is -7.83. The summed E-state index contributed by atoms with van der Waals surface area (Å²) in [7, 11) is 0. The summed E-state index contributed by atoms with van der Waals surface area (Å²) in [4.78, 5) is 104. The highest BCUT2D eigenvalue weighted by atomic mass is 19.1. The molecular weight excluding hydrogens is 869 g/mol. The zero-order valence-electron chi connectivity index (χ0n) is 37.0. The van der Waals surface area contributed by atoms with Crippen molar-refractivity contribution >= 4 is 58.0 Å². The highest BCUT2D eigenvalue weighted by Gasteiger charge is 2.45. The number of carbonyl (C=O) groups excluding carboxylic acids is 6. The number of aryl methyl sites for hydroxylation is 2. The monoisotopic (exact) mass is 915 g/mol. The standard InChI is InChI=1S/C48H47F2N9O8/c1-5-38(63)56-18-19-57(27(4)24-56)43-30-22-32(50)41(40-31(49)11-9-13-35(40)60)54-44(30)59(48(67)55-43)42-25(2)20-28(21-26(42)3)23-52-36(61)14-6-7-17-51-33-12-8-10-29-39(33)47(66)58(46(29)65)34-15-16-37(62)53-45(34)64/h5,8-13,20-22,27,34,51,60H,1,6-7,14-19,23-24H2,2-4H3,(H,52,61)(H,53,62,64)/t27-,34?/m0/s1. The first kappa shape index (κ1) is 45.7. The normalized spacial score (nSPS) is 17.2. The summed E-state index contributed by atoms with van der Waals surface area (Å²) in [5, 5.41) is 19.1. The Bertz CT molecular complexity index is 2950. The fourth-order valence-corrected chi connectivity index (χ4v) is 9.14. The molecule has 0 saturated carbocycles. The van der Waals surface area contributed by atoms with E-state index in [-0.39, 0.29) is 91.3 Å². The molecule has 2 atom stereocenters. The van der Waals surface area contributed by atoms with Gasteiger partial charge in [-0.25, -0.2) is 23.1 Å². The lowest BCUT2D eigenvalue weighted by molar-refractivity contribution is -0.136. The first-order valence-electron chi connectivity index (χ1n) is 21.8. The Morgan fingerprint density at radius 1 is 0.940 bits per heavy atom. The number of amides is 6. The second-order valence-electron chi connectivity index (χ2n) is 16.8. The van der Waals surface area contributed by atoms with Crippen LogP contribution in [0.2, 0.25) is 0 Å². The molecule has 3 aliphatic rings. The number of imide groups is 2. The van der Waals surface area contributed by atoms with Gasteiger partial charge in [-0.05, 0) is 93.1 Å². The number of anilines is 2. The van der Waals surface area contributed by atoms with Crippen molar-refractivity contribution < 1.29 is 42.7 Å². The fraction of sp³-hybridized carbons (Fsp3) is 0.312. The molecule has 1 unspecified atom stereocenters. The van der Waals surface area contributed by atoms with Crippen LogP contribution in [0.4, 0.5) is 20.3 Å². The third-order valence-electron chi connectivity index (χ3n) is 12.3. The zero-order valence-corrected chi connectivity index (χ0v) is 37.0. The molecule has 19 heteroatoms. The molecule has 3 aromatic carbocycles. The van der Waals surface area contributed by atoms with Crippen molar-refractivity contribution in [1.29, 1.82) is 0 Å². The molecule has 2 aromatic heterocycles. The predicted octanol–water partition coefficient (Wildman–Crippen LogP) is 4.57. The van der Waals surface area contributed by atoms with Gasteiger partial charge in [-0.15, -0.1) is 0 Å². The molecule has 0 aliphatic carbocycles. The molecular formula is C48H47F2N9O8. The third-order valence-corrected chi connectivity index (χ3v) is 12.3. The van der Waals surface area contributed by atoms with E-state index < -0.39 is 64.0 Å². The number of pyridine rings is 1. The van der Waals surface area contributed by atoms with E-state index in [9.17, 15) is 38.7 Å². The number of piperazine rings is 1. The van der Waals surface area contributed by atoms with E-state index >= 15 is 8.78 Å². The molecule has 4 N–H and O–H groups in total. The summed E-state index contributed by atoms with van der Waals surface area (Å²) < 4.78 is 32.6. The van der Waals surface area contributed by atoms with E-state index in [0.717, 1.165) is 22.6 Å². The van der Waals surface area contributed by atoms with Gasteiger partial charge in [0.15, 0.2) is 11.5 Å². The van der Waals surface area contributed by atoms with Crippen LogP contribution in [0.25, 0.3) is 28.0 Å². The van der Waals surface area contributed by atoms with E-state index in [1.54, 1.807) is 47.9 Å². The van der Waals surface area contributed by atoms with E-state index in [2.05, 4.69) is 32.5 Å². The molecule has 6 amide bonds. The number of phenols is 1. The van der Waals surface area contributed by atoms with Gasteiger partial charge in [-0.3, -0.25) is 39.0 Å². The number of unbranched alkanes of at least 4 members (excludes halogenated alkanes) is 1. The molecule has 346 valence electrons. The van der Waals surface area contributed by atoms with Gasteiger partial charge in [0, 0.05) is 57.3 Å². The van der Waals surface area contributed by atoms with E-state index in [1.165, 1.54) is 28.8 Å². The Kier molecular flexibility index (Phi) is 12.7. The zero-order chi connectivity index (χ0) is 47.8. The van der Waals surface area contributed by atoms with Crippen molar-refractivity contribution in [2.24, 2.45) is 0 Å². The number of hydrogen-bond donors (Lipinski definition) is 4. The van der Waals surface area contributed by atoms with Crippen molar-refractivity contribution in [2.45, 2.75) is 71.5 Å². The van der Waals surface area contributed by atoms with E-state index in [0.29, 0.717) is 41.9 Å². The van der Waals surface area contributed by atoms with E-state index in [1.807, 2.05) is 6.92 Å². The van der Waals surface area contributed by atoms with Crippen molar-refractivity contribution in [3.8, 4) is 22.7 Å². The Balaban J connectivity index is 0.966. The number of nitrogens with zero attached hydrogens (tertiary/aromatic N) is 6. The molecule has 2 fully saturated rings. The molecule has 67 heavy (non-hydrogen) atoms. The summed E-state index contributed by atoms with van der Waals surface area (Å²) >= 11 is 0. The van der Waals surface area contributed by atoms with Crippen molar-refractivity contribution in [1.82, 2.24) is 35.0 Å². The molecule has 0 bridgehead atoms. The number of nitrogens with one attached hydrogen (secondary N) is 3. The summed E-state index contributed by atoms with van der Waals surface area (Å²) in [6, 6.07) is 11.6. The topological polar surface area (TPSA) is 216 Å². The second kappa shape index (κ2) is 18.6. The molecule has 3 aliphatic heterocycles. The SMILES string of the molecule is C=CC(=O)N1CCN(c2nc(=O)n(-c3c(C)cc(CNC(=O)CCCCNc4cccc5c4C(=O)N(C4CCC(=O)NC4=O)C5=O)cc3C)c3nc(-c4c(O)cccc4F)c(F)cc23)[C@@H](C)C1. The number of piperidine rings is 1. The smallest absolute Gasteiger partial charge is 0.355 e. The van der Waals surface area contributed by atoms with Gasteiger partial charge >= 0.3 is 5.69 Å². The molecule has 2 saturated heterocycles.